The fraction of sp³-hybridized carbons (Fsp3) is 0.400. The zero-order valence-corrected chi connectivity index (χ0v) is 4.51. The quantitative estimate of drug-likeness (QED) is 0.357. The van der Waals surface area contributed by atoms with Crippen molar-refractivity contribution in [3.05, 3.63) is 11.8 Å². The van der Waals surface area contributed by atoms with Crippen LogP contribution in [0.3, 0.4) is 0 Å². The zero-order valence-electron chi connectivity index (χ0n) is 4.51. The molecule has 0 radical (unpaired) electrons. The number of carbonyl (C=O) groups is 1. The van der Waals surface area contributed by atoms with Gasteiger partial charge in [0.2, 0.25) is 0 Å². The molecule has 0 unspecified atom stereocenters. The zero-order chi connectivity index (χ0) is 5.98. The Labute approximate surface area is 95.7 Å². The summed E-state index contributed by atoms with van der Waals surface area (Å²) < 4.78 is 0. The van der Waals surface area contributed by atoms with E-state index in [1.807, 2.05) is 0 Å². The molecule has 0 fully saturated rings. The Balaban J connectivity index is 0.000000640. The third kappa shape index (κ3) is 3.49. The summed E-state index contributed by atoms with van der Waals surface area (Å²) >= 11 is 0. The third-order valence-corrected chi connectivity index (χ3v) is 0.756. The van der Waals surface area contributed by atoms with Crippen LogP contribution in [0.25, 0.3) is 0 Å². The summed E-state index contributed by atoms with van der Waals surface area (Å²) in [5.74, 6) is 0.468. The molecule has 4 heteroatoms. The Kier molecular flexibility index (Phi) is 5.01. The summed E-state index contributed by atoms with van der Waals surface area (Å²) in [6.07, 6.45) is 1.41. The van der Waals surface area contributed by atoms with Crippen molar-refractivity contribution in [2.45, 2.75) is 6.92 Å². The summed E-state index contributed by atoms with van der Waals surface area (Å²) in [7, 11) is 0. The Morgan fingerprint density at radius 3 is 2.67 bits per heavy atom. The molecule has 1 aliphatic heterocycles. The summed E-state index contributed by atoms with van der Waals surface area (Å²) in [5.41, 5.74) is 0. The molecule has 1 aliphatic rings. The maximum atomic E-state index is 10.4. The van der Waals surface area contributed by atoms with E-state index in [-0.39, 0.29) is 63.8 Å². The van der Waals surface area contributed by atoms with Crippen LogP contribution in [0, 0.1) is 0 Å². The van der Waals surface area contributed by atoms with Gasteiger partial charge in [0.15, 0.2) is 12.4 Å². The maximum absolute atomic E-state index is 10.4. The van der Waals surface area contributed by atoms with Crippen LogP contribution in [0.2, 0.25) is 0 Å². The van der Waals surface area contributed by atoms with Gasteiger partial charge >= 0.3 is 51.4 Å². The van der Waals surface area contributed by atoms with Gasteiger partial charge in [-0.2, -0.15) is 4.89 Å². The number of hydrogen-bond acceptors (Lipinski definition) is 3. The van der Waals surface area contributed by atoms with Crippen molar-refractivity contribution in [1.29, 1.82) is 0 Å². The van der Waals surface area contributed by atoms with E-state index < -0.39 is 0 Å². The van der Waals surface area contributed by atoms with Crippen molar-refractivity contribution in [3.8, 4) is 0 Å². The van der Waals surface area contributed by atoms with Crippen LogP contribution in [-0.4, -0.2) is 63.8 Å². The SMILES string of the molecule is CC1=CC(=O)COO1.[KH]. The molecule has 0 spiro atoms. The molecule has 0 saturated heterocycles. The van der Waals surface area contributed by atoms with Crippen molar-refractivity contribution < 1.29 is 14.6 Å². The van der Waals surface area contributed by atoms with Gasteiger partial charge < -0.3 is 4.89 Å². The van der Waals surface area contributed by atoms with Gasteiger partial charge in [-0.3, -0.25) is 4.79 Å². The van der Waals surface area contributed by atoms with Crippen LogP contribution < -0.4 is 0 Å². The van der Waals surface area contributed by atoms with Crippen molar-refractivity contribution in [2.24, 2.45) is 0 Å². The van der Waals surface area contributed by atoms with Crippen molar-refractivity contribution in [3.63, 3.8) is 0 Å². The molecule has 0 N–H and O–H groups in total. The first-order valence-electron chi connectivity index (χ1n) is 2.29. The third-order valence-electron chi connectivity index (χ3n) is 0.756. The predicted molar refractivity (Wildman–Crippen MR) is 32.9 cm³/mol. The van der Waals surface area contributed by atoms with Gasteiger partial charge in [-0.15, -0.1) is 0 Å². The molecular formula is C5H7KO3. The van der Waals surface area contributed by atoms with Crippen LogP contribution in [0.5, 0.6) is 0 Å². The van der Waals surface area contributed by atoms with Gasteiger partial charge in [-0.05, 0) is 6.92 Å². The van der Waals surface area contributed by atoms with Crippen molar-refractivity contribution >= 4 is 57.2 Å². The Morgan fingerprint density at radius 1 is 1.67 bits per heavy atom. The molecule has 9 heavy (non-hydrogen) atoms. The molecule has 3 nitrogen and oxygen atoms in total. The molecule has 0 saturated carbocycles. The van der Waals surface area contributed by atoms with E-state index in [0.717, 1.165) is 0 Å². The Morgan fingerprint density at radius 2 is 2.33 bits per heavy atom. The number of allylic oxidation sites excluding steroid dienone is 1. The van der Waals surface area contributed by atoms with Crippen LogP contribution in [0.1, 0.15) is 6.92 Å². The number of hydrogen-bond donors (Lipinski definition) is 0. The first-order valence-corrected chi connectivity index (χ1v) is 2.29. The first-order chi connectivity index (χ1) is 3.79. The number of ketones is 1. The normalized spacial score (nSPS) is 17.4. The molecule has 1 heterocycles. The fourth-order valence-corrected chi connectivity index (χ4v) is 0.473. The van der Waals surface area contributed by atoms with Gasteiger partial charge in [0.1, 0.15) is 5.76 Å². The second-order valence-electron chi connectivity index (χ2n) is 1.57. The van der Waals surface area contributed by atoms with Gasteiger partial charge in [0, 0.05) is 6.08 Å². The van der Waals surface area contributed by atoms with Crippen LogP contribution >= 0.6 is 0 Å². The van der Waals surface area contributed by atoms with Crippen molar-refractivity contribution in [2.75, 3.05) is 6.61 Å². The van der Waals surface area contributed by atoms with Crippen LogP contribution in [0.4, 0.5) is 0 Å². The molecule has 0 atom stereocenters. The average molecular weight is 154 g/mol. The molecule has 0 aliphatic carbocycles. The van der Waals surface area contributed by atoms with E-state index in [1.165, 1.54) is 6.08 Å². The van der Waals surface area contributed by atoms with E-state index in [9.17, 15) is 4.79 Å². The molecule has 0 aromatic rings. The standard InChI is InChI=1S/C5H6O3.K.H/c1-4-2-5(6)3-7-8-4;;/h2H,3H2,1H3;;. The summed E-state index contributed by atoms with van der Waals surface area (Å²) in [6.45, 7) is 1.70. The summed E-state index contributed by atoms with van der Waals surface area (Å²) in [6, 6.07) is 0. The van der Waals surface area contributed by atoms with Gasteiger partial charge in [0.05, 0.1) is 0 Å². The second-order valence-corrected chi connectivity index (χ2v) is 1.57. The Hall–Kier alpha value is 0.806. The monoisotopic (exact) mass is 154 g/mol. The molecular weight excluding hydrogens is 147 g/mol. The van der Waals surface area contributed by atoms with Gasteiger partial charge in [-0.25, -0.2) is 0 Å². The van der Waals surface area contributed by atoms with Gasteiger partial charge in [0.25, 0.3) is 0 Å². The molecule has 0 bridgehead atoms. The average Bonchev–Trinajstić information content (AvgIpc) is 1.64. The van der Waals surface area contributed by atoms with E-state index in [2.05, 4.69) is 9.78 Å². The molecule has 1 rings (SSSR count). The minimum absolute atomic E-state index is 0. The molecule has 46 valence electrons. The number of carbonyl (C=O) groups excluding carboxylic acids is 1. The fourth-order valence-electron chi connectivity index (χ4n) is 0.473. The molecule has 0 aromatic carbocycles. The second kappa shape index (κ2) is 4.60. The first kappa shape index (κ1) is 9.81. The number of rotatable bonds is 0. The minimum atomic E-state index is -0.0475. The van der Waals surface area contributed by atoms with E-state index in [1.54, 1.807) is 6.92 Å². The van der Waals surface area contributed by atoms with Crippen LogP contribution in [0.15, 0.2) is 11.8 Å². The van der Waals surface area contributed by atoms with E-state index >= 15 is 0 Å². The molecule has 0 aromatic heterocycles. The van der Waals surface area contributed by atoms with E-state index in [4.69, 9.17) is 0 Å². The van der Waals surface area contributed by atoms with Crippen LogP contribution in [-0.2, 0) is 14.6 Å². The summed E-state index contributed by atoms with van der Waals surface area (Å²) in [4.78, 5) is 19.3. The van der Waals surface area contributed by atoms with E-state index in [0.29, 0.717) is 5.76 Å². The van der Waals surface area contributed by atoms with Crippen molar-refractivity contribution in [1.82, 2.24) is 0 Å². The topological polar surface area (TPSA) is 35.5 Å². The predicted octanol–water partition coefficient (Wildman–Crippen LogP) is -0.227. The summed E-state index contributed by atoms with van der Waals surface area (Å²) in [5, 5.41) is 0. The van der Waals surface area contributed by atoms with Gasteiger partial charge in [-0.1, -0.05) is 0 Å². The molecule has 0 amide bonds. The Bertz CT molecular complexity index is 141.